The van der Waals surface area contributed by atoms with Gasteiger partial charge in [-0.2, -0.15) is 0 Å². The lowest BCUT2D eigenvalue weighted by atomic mass is 10.3. The highest BCUT2D eigenvalue weighted by atomic mass is 32.2. The first-order chi connectivity index (χ1) is 6.87. The van der Waals surface area contributed by atoms with Crippen molar-refractivity contribution in [2.24, 2.45) is 0 Å². The molecule has 15 heavy (non-hydrogen) atoms. The summed E-state index contributed by atoms with van der Waals surface area (Å²) in [6, 6.07) is 6.79. The Hall–Kier alpha value is -1.23. The van der Waals surface area contributed by atoms with Crippen molar-refractivity contribution in [3.05, 3.63) is 24.3 Å². The number of hydrogen-bond acceptors (Lipinski definition) is 3. The number of hydrogen-bond donors (Lipinski definition) is 1. The third kappa shape index (κ3) is 4.69. The minimum atomic E-state index is -3.20. The molecule has 0 aliphatic rings. The van der Waals surface area contributed by atoms with Crippen molar-refractivity contribution in [2.45, 2.75) is 20.0 Å². The molecule has 0 spiro atoms. The lowest BCUT2D eigenvalue weighted by Crippen LogP contribution is -2.09. The first-order valence-electron chi connectivity index (χ1n) is 4.61. The summed E-state index contributed by atoms with van der Waals surface area (Å²) in [7, 11) is -3.20. The Kier molecular flexibility index (Phi) is 3.57. The topological polar surface area (TPSA) is 55.4 Å². The second-order valence-electron chi connectivity index (χ2n) is 3.57. The van der Waals surface area contributed by atoms with E-state index >= 15 is 0 Å². The molecule has 84 valence electrons. The van der Waals surface area contributed by atoms with Gasteiger partial charge in [0.1, 0.15) is 5.75 Å². The fourth-order valence-corrected chi connectivity index (χ4v) is 1.65. The average Bonchev–Trinajstić information content (AvgIpc) is 2.05. The quantitative estimate of drug-likeness (QED) is 0.857. The molecule has 0 amide bonds. The maximum Gasteiger partial charge on any atom is 0.229 e. The molecule has 0 radical (unpaired) electrons. The maximum absolute atomic E-state index is 10.9. The Labute approximate surface area is 90.3 Å². The largest absolute Gasteiger partial charge is 0.491 e. The zero-order valence-electron chi connectivity index (χ0n) is 9.02. The molecule has 1 N–H and O–H groups in total. The van der Waals surface area contributed by atoms with Gasteiger partial charge in [-0.3, -0.25) is 4.72 Å². The zero-order chi connectivity index (χ0) is 11.5. The first-order valence-corrected chi connectivity index (χ1v) is 6.50. The van der Waals surface area contributed by atoms with Crippen LogP contribution in [0.25, 0.3) is 0 Å². The molecule has 0 fully saturated rings. The Morgan fingerprint density at radius 1 is 1.20 bits per heavy atom. The molecular weight excluding hydrogens is 214 g/mol. The second-order valence-corrected chi connectivity index (χ2v) is 5.31. The van der Waals surface area contributed by atoms with E-state index in [2.05, 4.69) is 4.72 Å². The van der Waals surface area contributed by atoms with Crippen molar-refractivity contribution in [1.29, 1.82) is 0 Å². The van der Waals surface area contributed by atoms with E-state index in [4.69, 9.17) is 4.74 Å². The highest BCUT2D eigenvalue weighted by molar-refractivity contribution is 7.92. The van der Waals surface area contributed by atoms with Gasteiger partial charge in [0.15, 0.2) is 0 Å². The lowest BCUT2D eigenvalue weighted by molar-refractivity contribution is 0.242. The van der Waals surface area contributed by atoms with Gasteiger partial charge >= 0.3 is 0 Å². The normalized spacial score (nSPS) is 11.5. The van der Waals surface area contributed by atoms with Crippen LogP contribution in [0.15, 0.2) is 24.3 Å². The molecule has 0 aliphatic carbocycles. The minimum Gasteiger partial charge on any atom is -0.491 e. The predicted octanol–water partition coefficient (Wildman–Crippen LogP) is 1.85. The number of sulfonamides is 1. The SMILES string of the molecule is CC(C)Oc1ccc(NS(C)(=O)=O)cc1. The Bertz CT molecular complexity index is 409. The molecule has 0 unspecified atom stereocenters. The van der Waals surface area contributed by atoms with E-state index in [0.717, 1.165) is 12.0 Å². The summed E-state index contributed by atoms with van der Waals surface area (Å²) in [5, 5.41) is 0. The predicted molar refractivity (Wildman–Crippen MR) is 60.7 cm³/mol. The molecule has 0 aromatic heterocycles. The van der Waals surface area contributed by atoms with Crippen LogP contribution in [0.1, 0.15) is 13.8 Å². The van der Waals surface area contributed by atoms with Gasteiger partial charge in [-0.15, -0.1) is 0 Å². The fourth-order valence-electron chi connectivity index (χ4n) is 1.09. The van der Waals surface area contributed by atoms with Gasteiger partial charge in [-0.1, -0.05) is 0 Å². The summed E-state index contributed by atoms with van der Waals surface area (Å²) in [5.74, 6) is 0.726. The lowest BCUT2D eigenvalue weighted by Gasteiger charge is -2.10. The third-order valence-electron chi connectivity index (χ3n) is 1.53. The Morgan fingerprint density at radius 3 is 2.13 bits per heavy atom. The van der Waals surface area contributed by atoms with Crippen LogP contribution in [0, 0.1) is 0 Å². The second kappa shape index (κ2) is 4.53. The summed E-state index contributed by atoms with van der Waals surface area (Å²) >= 11 is 0. The van der Waals surface area contributed by atoms with Crippen LogP contribution in [0.2, 0.25) is 0 Å². The molecule has 0 saturated heterocycles. The average molecular weight is 229 g/mol. The molecule has 4 nitrogen and oxygen atoms in total. The van der Waals surface area contributed by atoms with Crippen LogP contribution in [0.4, 0.5) is 5.69 Å². The number of ether oxygens (including phenoxy) is 1. The van der Waals surface area contributed by atoms with Gasteiger partial charge in [0.05, 0.1) is 12.4 Å². The van der Waals surface area contributed by atoms with Crippen LogP contribution in [-0.2, 0) is 10.0 Å². The first kappa shape index (κ1) is 11.8. The van der Waals surface area contributed by atoms with Gasteiger partial charge < -0.3 is 4.74 Å². The summed E-state index contributed by atoms with van der Waals surface area (Å²) < 4.78 is 29.6. The summed E-state index contributed by atoms with van der Waals surface area (Å²) in [6.07, 6.45) is 1.23. The maximum atomic E-state index is 10.9. The van der Waals surface area contributed by atoms with E-state index in [1.165, 1.54) is 0 Å². The molecule has 1 rings (SSSR count). The third-order valence-corrected chi connectivity index (χ3v) is 2.14. The standard InChI is InChI=1S/C10H15NO3S/c1-8(2)14-10-6-4-9(5-7-10)11-15(3,12)13/h4-8,11H,1-3H3. The molecule has 0 bridgehead atoms. The van der Waals surface area contributed by atoms with Crippen molar-refractivity contribution >= 4 is 15.7 Å². The van der Waals surface area contributed by atoms with Gasteiger partial charge in [0.2, 0.25) is 10.0 Å². The van der Waals surface area contributed by atoms with Crippen molar-refractivity contribution in [2.75, 3.05) is 11.0 Å². The van der Waals surface area contributed by atoms with E-state index in [0.29, 0.717) is 5.69 Å². The smallest absolute Gasteiger partial charge is 0.229 e. The molecule has 0 aliphatic heterocycles. The molecule has 1 aromatic carbocycles. The van der Waals surface area contributed by atoms with Crippen molar-refractivity contribution in [1.82, 2.24) is 0 Å². The molecule has 0 saturated carbocycles. The molecule has 0 heterocycles. The molecular formula is C10H15NO3S. The summed E-state index contributed by atoms with van der Waals surface area (Å²) in [4.78, 5) is 0. The van der Waals surface area contributed by atoms with Crippen LogP contribution in [0.5, 0.6) is 5.75 Å². The van der Waals surface area contributed by atoms with Crippen LogP contribution >= 0.6 is 0 Å². The van der Waals surface area contributed by atoms with E-state index < -0.39 is 10.0 Å². The minimum absolute atomic E-state index is 0.110. The number of anilines is 1. The van der Waals surface area contributed by atoms with Crippen LogP contribution in [-0.4, -0.2) is 20.8 Å². The Balaban J connectivity index is 2.73. The molecule has 0 atom stereocenters. The van der Waals surface area contributed by atoms with Crippen molar-refractivity contribution in [3.63, 3.8) is 0 Å². The van der Waals surface area contributed by atoms with E-state index in [1.54, 1.807) is 24.3 Å². The zero-order valence-corrected chi connectivity index (χ0v) is 9.84. The van der Waals surface area contributed by atoms with Gasteiger partial charge in [0.25, 0.3) is 0 Å². The van der Waals surface area contributed by atoms with Gasteiger partial charge in [-0.05, 0) is 38.1 Å². The van der Waals surface area contributed by atoms with E-state index in [-0.39, 0.29) is 6.10 Å². The number of rotatable bonds is 4. The summed E-state index contributed by atoms with van der Waals surface area (Å²) in [5.41, 5.74) is 0.536. The van der Waals surface area contributed by atoms with Crippen molar-refractivity contribution < 1.29 is 13.2 Å². The van der Waals surface area contributed by atoms with Gasteiger partial charge in [-0.25, -0.2) is 8.42 Å². The molecule has 1 aromatic rings. The summed E-state index contributed by atoms with van der Waals surface area (Å²) in [6.45, 7) is 3.87. The number of nitrogens with one attached hydrogen (secondary N) is 1. The van der Waals surface area contributed by atoms with Crippen LogP contribution < -0.4 is 9.46 Å². The monoisotopic (exact) mass is 229 g/mol. The van der Waals surface area contributed by atoms with E-state index in [1.807, 2.05) is 13.8 Å². The van der Waals surface area contributed by atoms with Crippen LogP contribution in [0.3, 0.4) is 0 Å². The highest BCUT2D eigenvalue weighted by Gasteiger charge is 2.02. The van der Waals surface area contributed by atoms with Crippen molar-refractivity contribution in [3.8, 4) is 5.75 Å². The Morgan fingerprint density at radius 2 is 1.73 bits per heavy atom. The van der Waals surface area contributed by atoms with Gasteiger partial charge in [0, 0.05) is 5.69 Å². The molecule has 5 heteroatoms. The fraction of sp³-hybridized carbons (Fsp3) is 0.400. The van der Waals surface area contributed by atoms with E-state index in [9.17, 15) is 8.42 Å². The highest BCUT2D eigenvalue weighted by Crippen LogP contribution is 2.17. The number of benzene rings is 1.